The minimum absolute atomic E-state index is 0.104. The molecular weight excluding hydrogens is 402 g/mol. The fraction of sp³-hybridized carbons (Fsp3) is 0.360. The van der Waals surface area contributed by atoms with Crippen molar-refractivity contribution in [1.29, 1.82) is 0 Å². The third-order valence-corrected chi connectivity index (χ3v) is 6.66. The van der Waals surface area contributed by atoms with Gasteiger partial charge in [0.15, 0.2) is 0 Å². The summed E-state index contributed by atoms with van der Waals surface area (Å²) >= 11 is 0. The maximum absolute atomic E-state index is 13.6. The van der Waals surface area contributed by atoms with Crippen LogP contribution in [0.15, 0.2) is 47.4 Å². The van der Waals surface area contributed by atoms with Crippen molar-refractivity contribution in [3.63, 3.8) is 0 Å². The second kappa shape index (κ2) is 7.89. The molecular formula is C25H27N5O2. The summed E-state index contributed by atoms with van der Waals surface area (Å²) in [5.41, 5.74) is 4.07. The summed E-state index contributed by atoms with van der Waals surface area (Å²) in [4.78, 5) is 36.7. The van der Waals surface area contributed by atoms with E-state index in [0.29, 0.717) is 11.9 Å². The number of likely N-dealkylation sites (tertiary alicyclic amines) is 1. The van der Waals surface area contributed by atoms with E-state index in [1.807, 2.05) is 23.1 Å². The Hall–Kier alpha value is -3.48. The third-order valence-electron chi connectivity index (χ3n) is 6.66. The Morgan fingerprint density at radius 2 is 1.94 bits per heavy atom. The van der Waals surface area contributed by atoms with Crippen LogP contribution in [-0.2, 0) is 4.79 Å². The molecule has 1 aliphatic rings. The number of hydrogen-bond acceptors (Lipinski definition) is 4. The molecule has 32 heavy (non-hydrogen) atoms. The van der Waals surface area contributed by atoms with Crippen molar-refractivity contribution in [2.45, 2.75) is 52.1 Å². The average molecular weight is 430 g/mol. The molecule has 5 rings (SSSR count). The Kier molecular flexibility index (Phi) is 5.04. The number of aromatic nitrogens is 4. The maximum atomic E-state index is 13.6. The van der Waals surface area contributed by atoms with Gasteiger partial charge in [-0.2, -0.15) is 5.10 Å². The number of hydrogen-bond donors (Lipinski definition) is 1. The topological polar surface area (TPSA) is 83.9 Å². The van der Waals surface area contributed by atoms with Gasteiger partial charge in [-0.25, -0.2) is 9.67 Å². The zero-order chi connectivity index (χ0) is 22.4. The van der Waals surface area contributed by atoms with Crippen LogP contribution in [-0.4, -0.2) is 37.1 Å². The largest absolute Gasteiger partial charge is 0.340 e. The molecule has 1 amide bonds. The van der Waals surface area contributed by atoms with Gasteiger partial charge in [0.25, 0.3) is 5.56 Å². The molecule has 7 nitrogen and oxygen atoms in total. The van der Waals surface area contributed by atoms with Crippen molar-refractivity contribution in [3.05, 3.63) is 69.9 Å². The molecule has 0 aliphatic carbocycles. The van der Waals surface area contributed by atoms with Crippen LogP contribution in [0.25, 0.3) is 21.8 Å². The van der Waals surface area contributed by atoms with E-state index < -0.39 is 6.04 Å². The van der Waals surface area contributed by atoms with Gasteiger partial charge in [0, 0.05) is 11.9 Å². The van der Waals surface area contributed by atoms with E-state index in [9.17, 15) is 9.59 Å². The van der Waals surface area contributed by atoms with Crippen LogP contribution < -0.4 is 5.56 Å². The van der Waals surface area contributed by atoms with Gasteiger partial charge >= 0.3 is 0 Å². The number of nitrogens with one attached hydrogen (secondary N) is 1. The summed E-state index contributed by atoms with van der Waals surface area (Å²) in [6.45, 7) is 6.56. The molecule has 2 aromatic carbocycles. The molecule has 0 unspecified atom stereocenters. The van der Waals surface area contributed by atoms with Crippen LogP contribution in [0.2, 0.25) is 0 Å². The Morgan fingerprint density at radius 1 is 1.16 bits per heavy atom. The summed E-state index contributed by atoms with van der Waals surface area (Å²) in [7, 11) is 0. The number of carbonyl (C=O) groups is 1. The van der Waals surface area contributed by atoms with Crippen molar-refractivity contribution < 1.29 is 4.79 Å². The van der Waals surface area contributed by atoms with Gasteiger partial charge in [-0.05, 0) is 69.4 Å². The van der Waals surface area contributed by atoms with Crippen LogP contribution in [0.5, 0.6) is 0 Å². The Morgan fingerprint density at radius 3 is 2.78 bits per heavy atom. The van der Waals surface area contributed by atoms with Gasteiger partial charge in [-0.15, -0.1) is 0 Å². The van der Waals surface area contributed by atoms with Gasteiger partial charge < -0.3 is 9.88 Å². The first-order chi connectivity index (χ1) is 15.4. The van der Waals surface area contributed by atoms with E-state index in [1.165, 1.54) is 15.8 Å². The quantitative estimate of drug-likeness (QED) is 0.529. The molecule has 0 spiro atoms. The SMILES string of the molecule is Cc1cc2nc([C@@H]3CCCCN3C(=O)[C@@H](C)n3ncc4ccccc4c3=O)[nH]c2cc1C. The van der Waals surface area contributed by atoms with E-state index in [4.69, 9.17) is 4.98 Å². The molecule has 0 radical (unpaired) electrons. The molecule has 2 atom stereocenters. The summed E-state index contributed by atoms with van der Waals surface area (Å²) in [5, 5.41) is 5.65. The number of fused-ring (bicyclic) bond motifs is 2. The lowest BCUT2D eigenvalue weighted by molar-refractivity contribution is -0.138. The number of piperidine rings is 1. The van der Waals surface area contributed by atoms with Crippen LogP contribution in [0.3, 0.4) is 0 Å². The maximum Gasteiger partial charge on any atom is 0.275 e. The molecule has 4 aromatic rings. The number of imidazole rings is 1. The second-order valence-electron chi connectivity index (χ2n) is 8.78. The molecule has 164 valence electrons. The van der Waals surface area contributed by atoms with E-state index in [1.54, 1.807) is 19.2 Å². The number of aryl methyl sites for hydroxylation is 2. The number of benzene rings is 2. The predicted octanol–water partition coefficient (Wildman–Crippen LogP) is 4.20. The zero-order valence-corrected chi connectivity index (χ0v) is 18.6. The Labute approximate surface area is 186 Å². The number of H-pyrrole nitrogens is 1. The standard InChI is InChI=1S/C25H27N5O2/c1-15-12-20-21(13-16(15)2)28-23(27-20)22-10-6-7-11-29(22)24(31)17(3)30-25(32)19-9-5-4-8-18(19)14-26-30/h4-5,8-9,12-14,17,22H,6-7,10-11H2,1-3H3,(H,27,28)/t17-,22+/m1/s1. The first-order valence-corrected chi connectivity index (χ1v) is 11.2. The second-order valence-corrected chi connectivity index (χ2v) is 8.78. The summed E-state index contributed by atoms with van der Waals surface area (Å²) in [6, 6.07) is 10.7. The number of aromatic amines is 1. The first kappa shape index (κ1) is 20.4. The predicted molar refractivity (Wildman–Crippen MR) is 125 cm³/mol. The van der Waals surface area contributed by atoms with Crippen molar-refractivity contribution in [3.8, 4) is 0 Å². The molecule has 3 heterocycles. The molecule has 7 heteroatoms. The minimum Gasteiger partial charge on any atom is -0.340 e. The average Bonchev–Trinajstić information content (AvgIpc) is 3.21. The van der Waals surface area contributed by atoms with E-state index in [-0.39, 0.29) is 17.5 Å². The number of rotatable bonds is 3. The highest BCUT2D eigenvalue weighted by Gasteiger charge is 2.34. The van der Waals surface area contributed by atoms with Crippen LogP contribution in [0.4, 0.5) is 0 Å². The zero-order valence-electron chi connectivity index (χ0n) is 18.6. The molecule has 1 N–H and O–H groups in total. The highest BCUT2D eigenvalue weighted by molar-refractivity contribution is 5.83. The lowest BCUT2D eigenvalue weighted by Gasteiger charge is -2.36. The van der Waals surface area contributed by atoms with Gasteiger partial charge in [0.2, 0.25) is 5.91 Å². The lowest BCUT2D eigenvalue weighted by Crippen LogP contribution is -2.44. The smallest absolute Gasteiger partial charge is 0.275 e. The number of carbonyl (C=O) groups excluding carboxylic acids is 1. The van der Waals surface area contributed by atoms with Crippen molar-refractivity contribution in [2.24, 2.45) is 0 Å². The molecule has 1 aliphatic heterocycles. The minimum atomic E-state index is -0.693. The molecule has 2 aromatic heterocycles. The summed E-state index contributed by atoms with van der Waals surface area (Å²) in [6.07, 6.45) is 4.47. The lowest BCUT2D eigenvalue weighted by atomic mass is 10.0. The highest BCUT2D eigenvalue weighted by Crippen LogP contribution is 2.32. The van der Waals surface area contributed by atoms with Crippen molar-refractivity contribution in [1.82, 2.24) is 24.6 Å². The van der Waals surface area contributed by atoms with Crippen LogP contribution in [0, 0.1) is 13.8 Å². The van der Waals surface area contributed by atoms with E-state index >= 15 is 0 Å². The Bertz CT molecular complexity index is 1350. The number of nitrogens with zero attached hydrogens (tertiary/aromatic N) is 4. The van der Waals surface area contributed by atoms with Crippen LogP contribution >= 0.6 is 0 Å². The summed E-state index contributed by atoms with van der Waals surface area (Å²) < 4.78 is 1.31. The van der Waals surface area contributed by atoms with E-state index in [0.717, 1.165) is 41.5 Å². The van der Waals surface area contributed by atoms with Crippen molar-refractivity contribution >= 4 is 27.7 Å². The highest BCUT2D eigenvalue weighted by atomic mass is 16.2. The number of amides is 1. The fourth-order valence-electron chi connectivity index (χ4n) is 4.65. The van der Waals surface area contributed by atoms with Gasteiger partial charge in [-0.1, -0.05) is 18.2 Å². The monoisotopic (exact) mass is 429 g/mol. The third kappa shape index (κ3) is 3.38. The molecule has 0 bridgehead atoms. The van der Waals surface area contributed by atoms with Crippen LogP contribution in [0.1, 0.15) is 55.2 Å². The van der Waals surface area contributed by atoms with E-state index in [2.05, 4.69) is 36.1 Å². The van der Waals surface area contributed by atoms with Gasteiger partial charge in [0.1, 0.15) is 11.9 Å². The van der Waals surface area contributed by atoms with Gasteiger partial charge in [-0.3, -0.25) is 9.59 Å². The van der Waals surface area contributed by atoms with Gasteiger partial charge in [0.05, 0.1) is 28.7 Å². The normalized spacial score (nSPS) is 17.7. The first-order valence-electron chi connectivity index (χ1n) is 11.2. The van der Waals surface area contributed by atoms with Crippen molar-refractivity contribution in [2.75, 3.05) is 6.54 Å². The molecule has 1 fully saturated rings. The molecule has 0 saturated carbocycles. The molecule has 1 saturated heterocycles. The fourth-order valence-corrected chi connectivity index (χ4v) is 4.65. The Balaban J connectivity index is 1.49. The summed E-state index contributed by atoms with van der Waals surface area (Å²) in [5.74, 6) is 0.705.